The van der Waals surface area contributed by atoms with Gasteiger partial charge >= 0.3 is 0 Å². The highest BCUT2D eigenvalue weighted by Crippen LogP contribution is 2.33. The van der Waals surface area contributed by atoms with Crippen molar-refractivity contribution in [2.24, 2.45) is 0 Å². The molecule has 1 fully saturated rings. The van der Waals surface area contributed by atoms with Gasteiger partial charge < -0.3 is 19.5 Å². The van der Waals surface area contributed by atoms with Crippen molar-refractivity contribution in [3.63, 3.8) is 0 Å². The van der Waals surface area contributed by atoms with E-state index in [1.807, 2.05) is 0 Å². The molecule has 11 nitrogen and oxygen atoms in total. The van der Waals surface area contributed by atoms with E-state index in [-0.39, 0.29) is 23.7 Å². The predicted octanol–water partition coefficient (Wildman–Crippen LogP) is 1.84. The summed E-state index contributed by atoms with van der Waals surface area (Å²) in [5, 5.41) is 2.67. The summed E-state index contributed by atoms with van der Waals surface area (Å²) in [4.78, 5) is 13.0. The fourth-order valence-corrected chi connectivity index (χ4v) is 6.73. The first-order valence-corrected chi connectivity index (χ1v) is 15.0. The van der Waals surface area contributed by atoms with Crippen LogP contribution in [-0.2, 0) is 24.8 Å². The SMILES string of the molecule is COc1ccc(N(C(C)C(=O)NCCOc2ccc(S(=O)(=O)N3CCCC3)cc2)S(C)(=O)=O)cc1OC. The number of amides is 1. The number of anilines is 1. The monoisotopic (exact) mass is 555 g/mol. The Morgan fingerprint density at radius 1 is 1.00 bits per heavy atom. The summed E-state index contributed by atoms with van der Waals surface area (Å²) < 4.78 is 68.8. The number of ether oxygens (including phenoxy) is 3. The van der Waals surface area contributed by atoms with Gasteiger partial charge in [0.2, 0.25) is 26.0 Å². The third kappa shape index (κ3) is 6.84. The summed E-state index contributed by atoms with van der Waals surface area (Å²) in [6.07, 6.45) is 2.74. The molecule has 2 aromatic rings. The van der Waals surface area contributed by atoms with Gasteiger partial charge in [0.15, 0.2) is 11.5 Å². The van der Waals surface area contributed by atoms with Crippen LogP contribution in [0, 0.1) is 0 Å². The van der Waals surface area contributed by atoms with Crippen LogP contribution < -0.4 is 23.8 Å². The van der Waals surface area contributed by atoms with Crippen molar-refractivity contribution >= 4 is 31.6 Å². The van der Waals surface area contributed by atoms with Gasteiger partial charge in [0.05, 0.1) is 37.6 Å². The molecule has 1 amide bonds. The number of carbonyl (C=O) groups is 1. The molecule has 0 aromatic heterocycles. The van der Waals surface area contributed by atoms with E-state index in [4.69, 9.17) is 14.2 Å². The number of sulfonamides is 2. The van der Waals surface area contributed by atoms with Crippen LogP contribution in [0.5, 0.6) is 17.2 Å². The fourth-order valence-electron chi connectivity index (χ4n) is 4.05. The minimum absolute atomic E-state index is 0.103. The number of hydrogen-bond acceptors (Lipinski definition) is 8. The van der Waals surface area contributed by atoms with Crippen LogP contribution in [0.25, 0.3) is 0 Å². The molecule has 0 spiro atoms. The Balaban J connectivity index is 1.58. The van der Waals surface area contributed by atoms with E-state index in [1.165, 1.54) is 49.7 Å². The second-order valence-electron chi connectivity index (χ2n) is 8.50. The lowest BCUT2D eigenvalue weighted by molar-refractivity contribution is -0.121. The lowest BCUT2D eigenvalue weighted by Crippen LogP contribution is -2.48. The Morgan fingerprint density at radius 2 is 1.62 bits per heavy atom. The van der Waals surface area contributed by atoms with E-state index in [0.717, 1.165) is 23.4 Å². The predicted molar refractivity (Wildman–Crippen MR) is 139 cm³/mol. The lowest BCUT2D eigenvalue weighted by atomic mass is 10.2. The molecule has 1 N–H and O–H groups in total. The summed E-state index contributed by atoms with van der Waals surface area (Å²) in [5.74, 6) is 0.686. The Kier molecular flexibility index (Phi) is 9.26. The van der Waals surface area contributed by atoms with Gasteiger partial charge in [-0.05, 0) is 56.2 Å². The van der Waals surface area contributed by atoms with Gasteiger partial charge in [-0.1, -0.05) is 0 Å². The zero-order chi connectivity index (χ0) is 27.2. The highest BCUT2D eigenvalue weighted by molar-refractivity contribution is 7.92. The molecule has 1 unspecified atom stereocenters. The van der Waals surface area contributed by atoms with E-state index >= 15 is 0 Å². The van der Waals surface area contributed by atoms with Gasteiger partial charge in [-0.25, -0.2) is 16.8 Å². The maximum atomic E-state index is 12.8. The Hall–Kier alpha value is -3.03. The molecule has 0 saturated carbocycles. The van der Waals surface area contributed by atoms with Crippen LogP contribution in [0.15, 0.2) is 47.4 Å². The van der Waals surface area contributed by atoms with E-state index in [0.29, 0.717) is 30.3 Å². The minimum Gasteiger partial charge on any atom is -0.493 e. The summed E-state index contributed by atoms with van der Waals surface area (Å²) in [7, 11) is -4.41. The van der Waals surface area contributed by atoms with Crippen molar-refractivity contribution < 1.29 is 35.8 Å². The smallest absolute Gasteiger partial charge is 0.243 e. The van der Waals surface area contributed by atoms with Gasteiger partial charge in [0, 0.05) is 19.2 Å². The summed E-state index contributed by atoms with van der Waals surface area (Å²) in [6.45, 7) is 2.75. The second kappa shape index (κ2) is 12.0. The van der Waals surface area contributed by atoms with E-state index < -0.39 is 32.0 Å². The largest absolute Gasteiger partial charge is 0.493 e. The van der Waals surface area contributed by atoms with Crippen molar-refractivity contribution in [3.05, 3.63) is 42.5 Å². The van der Waals surface area contributed by atoms with Crippen LogP contribution in [-0.4, -0.2) is 79.8 Å². The van der Waals surface area contributed by atoms with Crippen LogP contribution in [0.2, 0.25) is 0 Å². The first kappa shape index (κ1) is 28.5. The summed E-state index contributed by atoms with van der Waals surface area (Å²) in [5.41, 5.74) is 0.253. The standard InChI is InChI=1S/C24H33N3O8S2/c1-18(27(36(4,29)30)19-7-12-22(33-2)23(17-19)34-3)24(28)25-13-16-35-20-8-10-21(11-9-20)37(31,32)26-14-5-6-15-26/h7-12,17-18H,5-6,13-16H2,1-4H3,(H,25,28). The maximum Gasteiger partial charge on any atom is 0.243 e. The summed E-state index contributed by atoms with van der Waals surface area (Å²) >= 11 is 0. The third-order valence-corrected chi connectivity index (χ3v) is 9.06. The van der Waals surface area contributed by atoms with Crippen LogP contribution >= 0.6 is 0 Å². The Labute approximate surface area is 218 Å². The molecule has 13 heteroatoms. The van der Waals surface area contributed by atoms with Crippen LogP contribution in [0.4, 0.5) is 5.69 Å². The molecular weight excluding hydrogens is 522 g/mol. The fraction of sp³-hybridized carbons (Fsp3) is 0.458. The molecular formula is C24H33N3O8S2. The molecule has 1 saturated heterocycles. The number of carbonyl (C=O) groups excluding carboxylic acids is 1. The topological polar surface area (TPSA) is 132 Å². The Morgan fingerprint density at radius 3 is 2.19 bits per heavy atom. The van der Waals surface area contributed by atoms with Gasteiger partial charge in [-0.3, -0.25) is 9.10 Å². The number of nitrogens with zero attached hydrogens (tertiary/aromatic N) is 2. The highest BCUT2D eigenvalue weighted by Gasteiger charge is 2.30. The van der Waals surface area contributed by atoms with Crippen LogP contribution in [0.3, 0.4) is 0 Å². The third-order valence-electron chi connectivity index (χ3n) is 5.91. The average Bonchev–Trinajstić information content (AvgIpc) is 3.42. The first-order chi connectivity index (χ1) is 17.5. The van der Waals surface area contributed by atoms with Crippen molar-refractivity contribution in [1.29, 1.82) is 0 Å². The molecule has 37 heavy (non-hydrogen) atoms. The van der Waals surface area contributed by atoms with Crippen molar-refractivity contribution in [1.82, 2.24) is 9.62 Å². The van der Waals surface area contributed by atoms with Crippen LogP contribution in [0.1, 0.15) is 19.8 Å². The molecule has 1 aliphatic rings. The quantitative estimate of drug-likeness (QED) is 0.393. The second-order valence-corrected chi connectivity index (χ2v) is 12.3. The summed E-state index contributed by atoms with van der Waals surface area (Å²) in [6, 6.07) is 9.65. The van der Waals surface area contributed by atoms with Crippen molar-refractivity contribution in [2.75, 3.05) is 51.0 Å². The number of nitrogens with one attached hydrogen (secondary N) is 1. The molecule has 3 rings (SSSR count). The van der Waals surface area contributed by atoms with Crippen molar-refractivity contribution in [2.45, 2.75) is 30.7 Å². The number of hydrogen-bond donors (Lipinski definition) is 1. The molecule has 0 bridgehead atoms. The normalized spacial score (nSPS) is 15.1. The number of benzene rings is 2. The molecule has 1 heterocycles. The highest BCUT2D eigenvalue weighted by atomic mass is 32.2. The number of rotatable bonds is 12. The molecule has 1 aliphatic heterocycles. The van der Waals surface area contributed by atoms with Gasteiger partial charge in [-0.2, -0.15) is 4.31 Å². The van der Waals surface area contributed by atoms with E-state index in [1.54, 1.807) is 18.2 Å². The van der Waals surface area contributed by atoms with E-state index in [2.05, 4.69) is 5.32 Å². The number of methoxy groups -OCH3 is 2. The molecule has 204 valence electrons. The van der Waals surface area contributed by atoms with Gasteiger partial charge in [-0.15, -0.1) is 0 Å². The van der Waals surface area contributed by atoms with Crippen molar-refractivity contribution in [3.8, 4) is 17.2 Å². The maximum absolute atomic E-state index is 12.8. The molecule has 2 aromatic carbocycles. The Bertz CT molecular complexity index is 1290. The lowest BCUT2D eigenvalue weighted by Gasteiger charge is -2.28. The minimum atomic E-state index is -3.81. The van der Waals surface area contributed by atoms with Gasteiger partial charge in [0.25, 0.3) is 0 Å². The molecule has 0 aliphatic carbocycles. The zero-order valence-corrected chi connectivity index (χ0v) is 23.0. The molecule has 0 radical (unpaired) electrons. The average molecular weight is 556 g/mol. The van der Waals surface area contributed by atoms with Gasteiger partial charge in [0.1, 0.15) is 18.4 Å². The van der Waals surface area contributed by atoms with E-state index in [9.17, 15) is 21.6 Å². The first-order valence-electron chi connectivity index (χ1n) is 11.7. The molecule has 1 atom stereocenters. The zero-order valence-electron chi connectivity index (χ0n) is 21.3.